The SMILES string of the molecule is CC1(C)OB(N(c2ccccc2)N(B2OC(C)(C)C(C)(C)O2)c2ccc(I)cc2)OC1(C)C. The minimum atomic E-state index is -0.686. The summed E-state index contributed by atoms with van der Waals surface area (Å²) in [6.07, 6.45) is 0. The Balaban J connectivity index is 1.85. The maximum absolute atomic E-state index is 6.53. The highest BCUT2D eigenvalue weighted by Gasteiger charge is 2.60. The Bertz CT molecular complexity index is 954. The summed E-state index contributed by atoms with van der Waals surface area (Å²) in [7, 11) is -1.37. The molecule has 176 valence electrons. The predicted molar refractivity (Wildman–Crippen MR) is 143 cm³/mol. The van der Waals surface area contributed by atoms with Crippen molar-refractivity contribution < 1.29 is 18.6 Å². The van der Waals surface area contributed by atoms with Crippen LogP contribution >= 0.6 is 22.6 Å². The number of nitrogens with zero attached hydrogens (tertiary/aromatic N) is 2. The number of halogens is 1. The van der Waals surface area contributed by atoms with Crippen LogP contribution in [0.15, 0.2) is 54.6 Å². The van der Waals surface area contributed by atoms with Crippen molar-refractivity contribution in [1.29, 1.82) is 0 Å². The summed E-state index contributed by atoms with van der Waals surface area (Å²) in [6.45, 7) is 16.4. The lowest BCUT2D eigenvalue weighted by Gasteiger charge is -2.40. The summed E-state index contributed by atoms with van der Waals surface area (Å²) < 4.78 is 27.2. The Morgan fingerprint density at radius 2 is 0.879 bits per heavy atom. The zero-order valence-electron chi connectivity index (χ0n) is 20.8. The van der Waals surface area contributed by atoms with Gasteiger partial charge in [0.15, 0.2) is 0 Å². The van der Waals surface area contributed by atoms with Crippen LogP contribution in [0, 0.1) is 3.57 Å². The van der Waals surface area contributed by atoms with Gasteiger partial charge in [-0.25, -0.2) is 0 Å². The topological polar surface area (TPSA) is 43.4 Å². The minimum Gasteiger partial charge on any atom is -0.383 e. The van der Waals surface area contributed by atoms with E-state index in [2.05, 4.69) is 102 Å². The first-order valence-corrected chi connectivity index (χ1v) is 12.4. The normalized spacial score (nSPS) is 22.5. The smallest absolute Gasteiger partial charge is 0.383 e. The van der Waals surface area contributed by atoms with Crippen molar-refractivity contribution in [1.82, 2.24) is 0 Å². The van der Waals surface area contributed by atoms with Gasteiger partial charge in [0.25, 0.3) is 0 Å². The van der Waals surface area contributed by atoms with E-state index < -0.39 is 36.9 Å². The lowest BCUT2D eigenvalue weighted by atomic mass is 9.90. The Morgan fingerprint density at radius 1 is 0.545 bits per heavy atom. The van der Waals surface area contributed by atoms with Crippen LogP contribution < -0.4 is 9.84 Å². The molecular weight excluding hydrogens is 529 g/mol. The number of hydrogen-bond donors (Lipinski definition) is 0. The molecule has 0 bridgehead atoms. The second kappa shape index (κ2) is 8.45. The molecule has 0 N–H and O–H groups in total. The molecule has 2 fully saturated rings. The summed E-state index contributed by atoms with van der Waals surface area (Å²) in [5.74, 6) is 0. The largest absolute Gasteiger partial charge is 0.613 e. The molecule has 0 unspecified atom stereocenters. The summed E-state index contributed by atoms with van der Waals surface area (Å²) in [4.78, 5) is 4.00. The average Bonchev–Trinajstić information content (AvgIpc) is 3.06. The molecule has 0 aromatic heterocycles. The zero-order valence-corrected chi connectivity index (χ0v) is 22.9. The Labute approximate surface area is 212 Å². The van der Waals surface area contributed by atoms with Crippen LogP contribution in [0.5, 0.6) is 0 Å². The van der Waals surface area contributed by atoms with Gasteiger partial charge in [-0.3, -0.25) is 9.84 Å². The predicted octanol–water partition coefficient (Wildman–Crippen LogP) is 5.70. The molecule has 0 amide bonds. The number of benzene rings is 2. The van der Waals surface area contributed by atoms with E-state index in [1.165, 1.54) is 0 Å². The third-order valence-corrected chi connectivity index (χ3v) is 7.94. The number of hydrogen-bond acceptors (Lipinski definition) is 6. The van der Waals surface area contributed by atoms with Gasteiger partial charge in [-0.05, 0) is 114 Å². The Kier molecular flexibility index (Phi) is 6.36. The lowest BCUT2D eigenvalue weighted by molar-refractivity contribution is 0.00578. The lowest BCUT2D eigenvalue weighted by Crippen LogP contribution is -2.61. The van der Waals surface area contributed by atoms with Gasteiger partial charge in [0.05, 0.1) is 22.4 Å². The van der Waals surface area contributed by atoms with Gasteiger partial charge in [-0.1, -0.05) is 18.2 Å². The van der Waals surface area contributed by atoms with Gasteiger partial charge < -0.3 is 18.6 Å². The van der Waals surface area contributed by atoms with Crippen molar-refractivity contribution >= 4 is 48.5 Å². The molecule has 2 aliphatic heterocycles. The van der Waals surface area contributed by atoms with Crippen LogP contribution in [0.25, 0.3) is 0 Å². The molecule has 6 nitrogen and oxygen atoms in total. The second-order valence-electron chi connectivity index (χ2n) is 10.6. The van der Waals surface area contributed by atoms with Crippen molar-refractivity contribution in [2.24, 2.45) is 0 Å². The molecule has 2 aliphatic rings. The van der Waals surface area contributed by atoms with Crippen LogP contribution in [-0.4, -0.2) is 36.9 Å². The molecule has 33 heavy (non-hydrogen) atoms. The molecule has 9 heteroatoms. The van der Waals surface area contributed by atoms with Gasteiger partial charge in [-0.15, -0.1) is 0 Å². The summed E-state index contributed by atoms with van der Waals surface area (Å²) >= 11 is 2.31. The quantitative estimate of drug-likeness (QED) is 0.265. The monoisotopic (exact) mass is 562 g/mol. The van der Waals surface area contributed by atoms with Crippen molar-refractivity contribution in [2.45, 2.75) is 77.8 Å². The van der Waals surface area contributed by atoms with E-state index in [0.717, 1.165) is 14.9 Å². The van der Waals surface area contributed by atoms with Gasteiger partial charge >= 0.3 is 14.5 Å². The standard InChI is InChI=1S/C24H33B2IN2O4/c1-21(2)22(3,4)31-25(30-21)28(19-12-10-9-11-13-19)29(20-16-14-18(27)15-17-20)26-32-23(5,6)24(7,8)33-26/h9-17H,1-8H3. The molecular formula is C24H33B2IN2O4. The fraction of sp³-hybridized carbons (Fsp3) is 0.500. The van der Waals surface area contributed by atoms with E-state index in [0.29, 0.717) is 0 Å². The highest BCUT2D eigenvalue weighted by atomic mass is 127. The Morgan fingerprint density at radius 3 is 1.24 bits per heavy atom. The van der Waals surface area contributed by atoms with Crippen LogP contribution in [0.4, 0.5) is 11.4 Å². The Hall–Kier alpha value is -1.26. The maximum atomic E-state index is 6.53. The molecule has 2 saturated heterocycles. The van der Waals surface area contributed by atoms with E-state index in [-0.39, 0.29) is 0 Å². The molecule has 0 atom stereocenters. The molecule has 2 aromatic carbocycles. The van der Waals surface area contributed by atoms with Crippen molar-refractivity contribution in [3.8, 4) is 0 Å². The maximum Gasteiger partial charge on any atom is 0.613 e. The molecule has 2 aromatic rings. The highest BCUT2D eigenvalue weighted by molar-refractivity contribution is 14.1. The van der Waals surface area contributed by atoms with Crippen LogP contribution in [-0.2, 0) is 18.6 Å². The highest BCUT2D eigenvalue weighted by Crippen LogP contribution is 2.43. The second-order valence-corrected chi connectivity index (χ2v) is 11.9. The molecule has 0 spiro atoms. The first kappa shape index (κ1) is 24.9. The fourth-order valence-corrected chi connectivity index (χ4v) is 4.05. The van der Waals surface area contributed by atoms with Crippen LogP contribution in [0.1, 0.15) is 55.4 Å². The third kappa shape index (κ3) is 4.55. The van der Waals surface area contributed by atoms with Gasteiger partial charge in [0.2, 0.25) is 0 Å². The van der Waals surface area contributed by atoms with E-state index in [9.17, 15) is 0 Å². The van der Waals surface area contributed by atoms with E-state index in [1.54, 1.807) is 0 Å². The van der Waals surface area contributed by atoms with E-state index in [4.69, 9.17) is 18.6 Å². The van der Waals surface area contributed by atoms with Crippen molar-refractivity contribution in [3.05, 3.63) is 58.2 Å². The molecule has 4 rings (SSSR count). The van der Waals surface area contributed by atoms with E-state index >= 15 is 0 Å². The number of hydrazine groups is 1. The van der Waals surface area contributed by atoms with Crippen LogP contribution in [0.3, 0.4) is 0 Å². The first-order valence-electron chi connectivity index (χ1n) is 11.3. The number of para-hydroxylation sites is 1. The van der Waals surface area contributed by atoms with Gasteiger partial charge in [0, 0.05) is 14.9 Å². The third-order valence-electron chi connectivity index (χ3n) is 7.23. The molecule has 2 heterocycles. The van der Waals surface area contributed by atoms with Crippen LogP contribution in [0.2, 0.25) is 0 Å². The van der Waals surface area contributed by atoms with Gasteiger partial charge in [-0.2, -0.15) is 0 Å². The summed E-state index contributed by atoms with van der Waals surface area (Å²) in [5, 5.41) is 0. The van der Waals surface area contributed by atoms with Gasteiger partial charge in [0.1, 0.15) is 0 Å². The summed E-state index contributed by atoms with van der Waals surface area (Å²) in [6, 6.07) is 18.3. The molecule has 0 saturated carbocycles. The number of rotatable bonds is 5. The van der Waals surface area contributed by atoms with Crippen molar-refractivity contribution in [2.75, 3.05) is 9.84 Å². The number of anilines is 2. The summed E-state index contributed by atoms with van der Waals surface area (Å²) in [5.41, 5.74) is -0.192. The minimum absolute atomic E-state index is 0.502. The fourth-order valence-electron chi connectivity index (χ4n) is 3.69. The molecule has 0 radical (unpaired) electrons. The molecule has 0 aliphatic carbocycles. The van der Waals surface area contributed by atoms with E-state index in [1.807, 2.05) is 40.2 Å². The zero-order chi connectivity index (χ0) is 24.2. The first-order chi connectivity index (χ1) is 15.2. The van der Waals surface area contributed by atoms with Crippen molar-refractivity contribution in [3.63, 3.8) is 0 Å². The average molecular weight is 562 g/mol.